The number of rotatable bonds is 5. The first-order valence-electron chi connectivity index (χ1n) is 7.86. The second kappa shape index (κ2) is 8.17. The quantitative estimate of drug-likeness (QED) is 0.619. The molecule has 2 amide bonds. The molecule has 0 saturated carbocycles. The summed E-state index contributed by atoms with van der Waals surface area (Å²) in [6.45, 7) is 0.00868. The summed E-state index contributed by atoms with van der Waals surface area (Å²) in [5, 5.41) is 8.51. The highest BCUT2D eigenvalue weighted by Gasteiger charge is 2.31. The summed E-state index contributed by atoms with van der Waals surface area (Å²) in [5.41, 5.74) is 1.06. The lowest BCUT2D eigenvalue weighted by Crippen LogP contribution is -2.34. The van der Waals surface area contributed by atoms with Crippen LogP contribution in [0.2, 0.25) is 0 Å². The van der Waals surface area contributed by atoms with Gasteiger partial charge in [0.25, 0.3) is 0 Å². The van der Waals surface area contributed by atoms with Gasteiger partial charge in [0.1, 0.15) is 17.3 Å². The molecule has 6 nitrogen and oxygen atoms in total. The second-order valence-electron chi connectivity index (χ2n) is 5.49. The smallest absolute Gasteiger partial charge is 0.459 e. The number of amides is 2. The van der Waals surface area contributed by atoms with Crippen molar-refractivity contribution in [2.75, 3.05) is 5.32 Å². The van der Waals surface area contributed by atoms with E-state index in [9.17, 15) is 22.8 Å². The molecule has 0 unspecified atom stereocenters. The fourth-order valence-electron chi connectivity index (χ4n) is 2.21. The molecule has 0 spiro atoms. The third-order valence-electron chi connectivity index (χ3n) is 3.44. The largest absolute Gasteiger partial charge is 0.573 e. The topological polar surface area (TPSA) is 80.6 Å². The van der Waals surface area contributed by atoms with Gasteiger partial charge in [-0.05, 0) is 47.8 Å². The molecule has 3 rings (SSSR count). The Labute approximate surface area is 160 Å². The van der Waals surface area contributed by atoms with E-state index in [1.807, 2.05) is 16.8 Å². The standard InChI is InChI=1S/C18H13F3N2O4S/c19-18(20,21)27-13-3-1-12(2-4-13)23-17(25)16(24)22-9-14-5-6-15(26-14)11-7-8-28-10-11/h1-8,10H,9H2,(H,22,24)(H,23,25). The average Bonchev–Trinajstić information content (AvgIpc) is 3.31. The van der Waals surface area contributed by atoms with Gasteiger partial charge < -0.3 is 19.8 Å². The minimum absolute atomic E-state index is 0.00868. The molecule has 28 heavy (non-hydrogen) atoms. The summed E-state index contributed by atoms with van der Waals surface area (Å²) in [6.07, 6.45) is -4.81. The van der Waals surface area contributed by atoms with Gasteiger partial charge in [0, 0.05) is 16.6 Å². The van der Waals surface area contributed by atoms with Crippen LogP contribution in [0.15, 0.2) is 57.6 Å². The van der Waals surface area contributed by atoms with E-state index in [-0.39, 0.29) is 12.2 Å². The van der Waals surface area contributed by atoms with Crippen LogP contribution in [0.25, 0.3) is 11.3 Å². The van der Waals surface area contributed by atoms with Crippen molar-refractivity contribution in [2.45, 2.75) is 12.9 Å². The van der Waals surface area contributed by atoms with Gasteiger partial charge in [-0.1, -0.05) is 0 Å². The van der Waals surface area contributed by atoms with Gasteiger partial charge in [-0.15, -0.1) is 13.2 Å². The summed E-state index contributed by atoms with van der Waals surface area (Å²) in [7, 11) is 0. The van der Waals surface area contributed by atoms with Gasteiger partial charge in [-0.25, -0.2) is 0 Å². The molecule has 0 saturated heterocycles. The number of hydrogen-bond acceptors (Lipinski definition) is 5. The van der Waals surface area contributed by atoms with Crippen molar-refractivity contribution in [3.05, 3.63) is 59.0 Å². The van der Waals surface area contributed by atoms with E-state index in [0.29, 0.717) is 11.5 Å². The molecule has 1 aromatic carbocycles. The number of benzene rings is 1. The molecule has 0 fully saturated rings. The van der Waals surface area contributed by atoms with E-state index in [1.165, 1.54) is 23.5 Å². The molecular formula is C18H13F3N2O4S. The predicted octanol–water partition coefficient (Wildman–Crippen LogP) is 4.16. The molecule has 2 N–H and O–H groups in total. The van der Waals surface area contributed by atoms with Crippen molar-refractivity contribution in [3.63, 3.8) is 0 Å². The van der Waals surface area contributed by atoms with Crippen molar-refractivity contribution in [2.24, 2.45) is 0 Å². The number of furan rings is 1. The molecule has 0 aliphatic carbocycles. The van der Waals surface area contributed by atoms with Gasteiger partial charge in [0.05, 0.1) is 6.54 Å². The van der Waals surface area contributed by atoms with Crippen LogP contribution in [0.1, 0.15) is 5.76 Å². The normalized spacial score (nSPS) is 11.1. The van der Waals surface area contributed by atoms with Crippen LogP contribution in [0.4, 0.5) is 18.9 Å². The van der Waals surface area contributed by atoms with Gasteiger partial charge in [0.15, 0.2) is 0 Å². The van der Waals surface area contributed by atoms with Gasteiger partial charge in [-0.3, -0.25) is 9.59 Å². The van der Waals surface area contributed by atoms with Crippen LogP contribution in [0.5, 0.6) is 5.75 Å². The predicted molar refractivity (Wildman–Crippen MR) is 95.6 cm³/mol. The maximum atomic E-state index is 12.1. The summed E-state index contributed by atoms with van der Waals surface area (Å²) in [5.74, 6) is -1.19. The van der Waals surface area contributed by atoms with E-state index in [1.54, 1.807) is 12.1 Å². The lowest BCUT2D eigenvalue weighted by atomic mass is 10.3. The maximum absolute atomic E-state index is 12.1. The fourth-order valence-corrected chi connectivity index (χ4v) is 2.85. The van der Waals surface area contributed by atoms with Crippen LogP contribution in [0, 0.1) is 0 Å². The van der Waals surface area contributed by atoms with Crippen molar-refractivity contribution in [1.29, 1.82) is 0 Å². The zero-order valence-electron chi connectivity index (χ0n) is 14.1. The van der Waals surface area contributed by atoms with Crippen molar-refractivity contribution in [3.8, 4) is 17.1 Å². The van der Waals surface area contributed by atoms with E-state index in [2.05, 4.69) is 15.4 Å². The molecule has 0 aliphatic rings. The average molecular weight is 410 g/mol. The number of halogens is 3. The Morgan fingerprint density at radius 3 is 2.43 bits per heavy atom. The molecule has 0 atom stereocenters. The first-order valence-corrected chi connectivity index (χ1v) is 8.81. The fraction of sp³-hybridized carbons (Fsp3) is 0.111. The molecule has 0 aliphatic heterocycles. The molecule has 10 heteroatoms. The van der Waals surface area contributed by atoms with Crippen LogP contribution in [-0.2, 0) is 16.1 Å². The number of anilines is 1. The lowest BCUT2D eigenvalue weighted by molar-refractivity contribution is -0.274. The number of ether oxygens (including phenoxy) is 1. The van der Waals surface area contributed by atoms with E-state index >= 15 is 0 Å². The number of thiophene rings is 1. The van der Waals surface area contributed by atoms with Crippen molar-refractivity contribution < 1.29 is 31.9 Å². The summed E-state index contributed by atoms with van der Waals surface area (Å²) >= 11 is 1.52. The first kappa shape index (κ1) is 19.5. The summed E-state index contributed by atoms with van der Waals surface area (Å²) in [4.78, 5) is 23.7. The number of carbonyl (C=O) groups excluding carboxylic acids is 2. The monoisotopic (exact) mass is 410 g/mol. The number of alkyl halides is 3. The van der Waals surface area contributed by atoms with Gasteiger partial charge in [-0.2, -0.15) is 11.3 Å². The van der Waals surface area contributed by atoms with Crippen LogP contribution in [0.3, 0.4) is 0 Å². The molecule has 2 heterocycles. The highest BCUT2D eigenvalue weighted by atomic mass is 32.1. The SMILES string of the molecule is O=C(NCc1ccc(-c2ccsc2)o1)C(=O)Nc1ccc(OC(F)(F)F)cc1. The van der Waals surface area contributed by atoms with Crippen molar-refractivity contribution >= 4 is 28.8 Å². The lowest BCUT2D eigenvalue weighted by Gasteiger charge is -2.10. The highest BCUT2D eigenvalue weighted by Crippen LogP contribution is 2.25. The molecule has 0 radical (unpaired) electrons. The number of hydrogen-bond donors (Lipinski definition) is 2. The molecular weight excluding hydrogens is 397 g/mol. The zero-order chi connectivity index (χ0) is 20.1. The Balaban J connectivity index is 1.50. The van der Waals surface area contributed by atoms with Crippen LogP contribution >= 0.6 is 11.3 Å². The number of carbonyl (C=O) groups is 2. The Kier molecular flexibility index (Phi) is 5.69. The zero-order valence-corrected chi connectivity index (χ0v) is 14.9. The number of nitrogens with one attached hydrogen (secondary N) is 2. The van der Waals surface area contributed by atoms with Crippen LogP contribution in [-0.4, -0.2) is 18.2 Å². The first-order chi connectivity index (χ1) is 13.3. The molecule has 0 bridgehead atoms. The Hall–Kier alpha value is -3.27. The maximum Gasteiger partial charge on any atom is 0.573 e. The summed E-state index contributed by atoms with van der Waals surface area (Å²) in [6, 6.07) is 9.76. The highest BCUT2D eigenvalue weighted by molar-refractivity contribution is 7.08. The third-order valence-corrected chi connectivity index (χ3v) is 4.13. The molecule has 146 valence electrons. The van der Waals surface area contributed by atoms with Crippen LogP contribution < -0.4 is 15.4 Å². The minimum Gasteiger partial charge on any atom is -0.459 e. The van der Waals surface area contributed by atoms with E-state index in [4.69, 9.17) is 4.42 Å². The van der Waals surface area contributed by atoms with Gasteiger partial charge >= 0.3 is 18.2 Å². The van der Waals surface area contributed by atoms with Gasteiger partial charge in [0.2, 0.25) is 0 Å². The Bertz CT molecular complexity index is 950. The van der Waals surface area contributed by atoms with E-state index in [0.717, 1.165) is 17.7 Å². The Morgan fingerprint density at radius 1 is 1.04 bits per heavy atom. The second-order valence-corrected chi connectivity index (χ2v) is 6.27. The molecule has 2 aromatic heterocycles. The minimum atomic E-state index is -4.81. The summed E-state index contributed by atoms with van der Waals surface area (Å²) < 4.78 is 45.6. The van der Waals surface area contributed by atoms with Crippen molar-refractivity contribution in [1.82, 2.24) is 5.32 Å². The Morgan fingerprint density at radius 2 is 1.79 bits per heavy atom. The third kappa shape index (κ3) is 5.36. The van der Waals surface area contributed by atoms with E-state index < -0.39 is 23.9 Å². The molecule has 3 aromatic rings.